The molecule has 0 atom stereocenters. The van der Waals surface area contributed by atoms with E-state index in [1.54, 1.807) is 0 Å². The van der Waals surface area contributed by atoms with E-state index in [2.05, 4.69) is 0 Å². The molecule has 0 aliphatic carbocycles. The van der Waals surface area contributed by atoms with Gasteiger partial charge in [-0.25, -0.2) is 8.42 Å². The van der Waals surface area contributed by atoms with Crippen LogP contribution in [0.1, 0.15) is 11.1 Å². The molecule has 122 valence electrons. The van der Waals surface area contributed by atoms with Crippen molar-refractivity contribution in [2.75, 3.05) is 4.31 Å². The molecule has 3 rings (SSSR count). The Bertz CT molecular complexity index is 863. The van der Waals surface area contributed by atoms with Crippen molar-refractivity contribution in [3.05, 3.63) is 102 Å². The van der Waals surface area contributed by atoms with Gasteiger partial charge in [0, 0.05) is 0 Å². The third kappa shape index (κ3) is 4.03. The molecule has 0 saturated carbocycles. The molecule has 0 radical (unpaired) electrons. The van der Waals surface area contributed by atoms with Crippen LogP contribution in [-0.4, -0.2) is 8.42 Å². The van der Waals surface area contributed by atoms with Gasteiger partial charge in [-0.15, -0.1) is 0 Å². The van der Waals surface area contributed by atoms with Gasteiger partial charge in [0.2, 0.25) is 10.0 Å². The lowest BCUT2D eigenvalue weighted by Gasteiger charge is -2.24. The summed E-state index contributed by atoms with van der Waals surface area (Å²) in [5.41, 5.74) is 2.42. The van der Waals surface area contributed by atoms with E-state index in [-0.39, 0.29) is 5.75 Å². The van der Waals surface area contributed by atoms with Crippen molar-refractivity contribution in [3.8, 4) is 0 Å². The summed E-state index contributed by atoms with van der Waals surface area (Å²) in [5.74, 6) is -0.0183. The van der Waals surface area contributed by atoms with Gasteiger partial charge >= 0.3 is 0 Å². The minimum absolute atomic E-state index is 0.0183. The van der Waals surface area contributed by atoms with E-state index in [1.807, 2.05) is 91.0 Å². The van der Waals surface area contributed by atoms with Crippen LogP contribution in [0.25, 0.3) is 0 Å². The van der Waals surface area contributed by atoms with Crippen LogP contribution in [0.3, 0.4) is 0 Å². The first-order chi connectivity index (χ1) is 11.6. The van der Waals surface area contributed by atoms with Crippen molar-refractivity contribution in [1.29, 1.82) is 0 Å². The highest BCUT2D eigenvalue weighted by Gasteiger charge is 2.23. The Morgan fingerprint density at radius 3 is 1.62 bits per heavy atom. The number of sulfonamides is 1. The molecule has 0 aromatic heterocycles. The fourth-order valence-electron chi connectivity index (χ4n) is 2.56. The number of benzene rings is 3. The van der Waals surface area contributed by atoms with Crippen molar-refractivity contribution in [3.63, 3.8) is 0 Å². The number of rotatable bonds is 6. The number of para-hydroxylation sites is 1. The van der Waals surface area contributed by atoms with Crippen molar-refractivity contribution in [2.24, 2.45) is 0 Å². The van der Waals surface area contributed by atoms with E-state index < -0.39 is 10.0 Å². The molecule has 0 amide bonds. The zero-order chi connectivity index (χ0) is 16.8. The molecule has 3 nitrogen and oxygen atoms in total. The molecular weight excluding hydrogens is 318 g/mol. The first-order valence-corrected chi connectivity index (χ1v) is 9.39. The Labute approximate surface area is 143 Å². The maximum Gasteiger partial charge on any atom is 0.239 e. The van der Waals surface area contributed by atoms with Crippen molar-refractivity contribution in [1.82, 2.24) is 0 Å². The first-order valence-electron chi connectivity index (χ1n) is 7.78. The minimum atomic E-state index is -3.49. The molecule has 0 aliphatic rings. The van der Waals surface area contributed by atoms with Crippen LogP contribution in [-0.2, 0) is 22.3 Å². The van der Waals surface area contributed by atoms with Gasteiger partial charge in [-0.3, -0.25) is 4.31 Å². The van der Waals surface area contributed by atoms with Crippen molar-refractivity contribution < 1.29 is 8.42 Å². The van der Waals surface area contributed by atoms with Gasteiger partial charge < -0.3 is 0 Å². The summed E-state index contributed by atoms with van der Waals surface area (Å²) < 4.78 is 27.5. The van der Waals surface area contributed by atoms with Crippen LogP contribution >= 0.6 is 0 Å². The fraction of sp³-hybridized carbons (Fsp3) is 0.100. The lowest BCUT2D eigenvalue weighted by atomic mass is 10.2. The van der Waals surface area contributed by atoms with Crippen molar-refractivity contribution in [2.45, 2.75) is 12.3 Å². The summed E-state index contributed by atoms with van der Waals surface area (Å²) in [7, 11) is -3.49. The largest absolute Gasteiger partial charge is 0.266 e. The molecule has 3 aromatic rings. The van der Waals surface area contributed by atoms with Crippen LogP contribution in [0.15, 0.2) is 91.0 Å². The van der Waals surface area contributed by atoms with Crippen molar-refractivity contribution >= 4 is 15.7 Å². The monoisotopic (exact) mass is 337 g/mol. The maximum atomic E-state index is 13.0. The predicted molar refractivity (Wildman–Crippen MR) is 98.1 cm³/mol. The average molecular weight is 337 g/mol. The van der Waals surface area contributed by atoms with E-state index in [1.165, 1.54) is 4.31 Å². The summed E-state index contributed by atoms with van der Waals surface area (Å²) in [6.45, 7) is 0.319. The summed E-state index contributed by atoms with van der Waals surface area (Å²) >= 11 is 0. The molecule has 0 saturated heterocycles. The molecule has 3 aromatic carbocycles. The highest BCUT2D eigenvalue weighted by molar-refractivity contribution is 7.92. The topological polar surface area (TPSA) is 37.4 Å². The third-order valence-corrected chi connectivity index (χ3v) is 5.45. The van der Waals surface area contributed by atoms with E-state index in [0.717, 1.165) is 11.1 Å². The number of hydrogen-bond acceptors (Lipinski definition) is 2. The smallest absolute Gasteiger partial charge is 0.239 e. The molecule has 0 N–H and O–H groups in total. The Kier molecular flexibility index (Phi) is 4.96. The number of hydrogen-bond donors (Lipinski definition) is 0. The molecule has 4 heteroatoms. The van der Waals surface area contributed by atoms with Crippen LogP contribution in [0.2, 0.25) is 0 Å². The Hall–Kier alpha value is -2.59. The SMILES string of the molecule is O=S(=O)(Cc1ccccc1)N(Cc1ccccc1)c1ccccc1. The Balaban J connectivity index is 1.94. The summed E-state index contributed by atoms with van der Waals surface area (Å²) in [6.07, 6.45) is 0. The average Bonchev–Trinajstić information content (AvgIpc) is 2.62. The fourth-order valence-corrected chi connectivity index (χ4v) is 4.11. The standard InChI is InChI=1S/C20H19NO2S/c22-24(23,17-19-12-6-2-7-13-19)21(20-14-8-3-9-15-20)16-18-10-4-1-5-11-18/h1-15H,16-17H2. The summed E-state index contributed by atoms with van der Waals surface area (Å²) in [6, 6.07) is 28.1. The Morgan fingerprint density at radius 1 is 0.625 bits per heavy atom. The highest BCUT2D eigenvalue weighted by Crippen LogP contribution is 2.23. The lowest BCUT2D eigenvalue weighted by molar-refractivity contribution is 0.589. The number of anilines is 1. The van der Waals surface area contributed by atoms with E-state index in [9.17, 15) is 8.42 Å². The Morgan fingerprint density at radius 2 is 1.08 bits per heavy atom. The highest BCUT2D eigenvalue weighted by atomic mass is 32.2. The van der Waals surface area contributed by atoms with Crippen LogP contribution in [0, 0.1) is 0 Å². The molecule has 0 heterocycles. The predicted octanol–water partition coefficient (Wildman–Crippen LogP) is 4.22. The molecular formula is C20H19NO2S. The lowest BCUT2D eigenvalue weighted by Crippen LogP contribution is -2.31. The zero-order valence-corrected chi connectivity index (χ0v) is 14.1. The molecule has 0 fully saturated rings. The van der Waals surface area contributed by atoms with E-state index in [4.69, 9.17) is 0 Å². The molecule has 0 spiro atoms. The van der Waals surface area contributed by atoms with E-state index >= 15 is 0 Å². The van der Waals surface area contributed by atoms with Gasteiger partial charge in [-0.05, 0) is 23.3 Å². The molecule has 0 bridgehead atoms. The van der Waals surface area contributed by atoms with Gasteiger partial charge in [-0.1, -0.05) is 78.9 Å². The second-order valence-electron chi connectivity index (χ2n) is 5.57. The quantitative estimate of drug-likeness (QED) is 0.675. The first kappa shape index (κ1) is 16.3. The van der Waals surface area contributed by atoms with Crippen LogP contribution in [0.5, 0.6) is 0 Å². The van der Waals surface area contributed by atoms with Gasteiger partial charge in [0.25, 0.3) is 0 Å². The minimum Gasteiger partial charge on any atom is -0.266 e. The summed E-state index contributed by atoms with van der Waals surface area (Å²) in [4.78, 5) is 0. The molecule has 0 unspecified atom stereocenters. The van der Waals surface area contributed by atoms with Crippen LogP contribution in [0.4, 0.5) is 5.69 Å². The maximum absolute atomic E-state index is 13.0. The van der Waals surface area contributed by atoms with Gasteiger partial charge in [0.05, 0.1) is 18.0 Å². The second kappa shape index (κ2) is 7.32. The zero-order valence-electron chi connectivity index (χ0n) is 13.2. The van der Waals surface area contributed by atoms with Gasteiger partial charge in [-0.2, -0.15) is 0 Å². The second-order valence-corrected chi connectivity index (χ2v) is 7.46. The molecule has 0 aliphatic heterocycles. The third-order valence-electron chi connectivity index (χ3n) is 3.74. The summed E-state index contributed by atoms with van der Waals surface area (Å²) in [5, 5.41) is 0. The molecule has 24 heavy (non-hydrogen) atoms. The van der Waals surface area contributed by atoms with Gasteiger partial charge in [0.15, 0.2) is 0 Å². The van der Waals surface area contributed by atoms with Gasteiger partial charge in [0.1, 0.15) is 0 Å². The number of nitrogens with zero attached hydrogens (tertiary/aromatic N) is 1. The van der Waals surface area contributed by atoms with E-state index in [0.29, 0.717) is 12.2 Å². The normalized spacial score (nSPS) is 11.2. The van der Waals surface area contributed by atoms with Crippen LogP contribution < -0.4 is 4.31 Å².